The van der Waals surface area contributed by atoms with E-state index in [1.807, 2.05) is 5.43 Å². The molecular weight excluding hydrogens is 383 g/mol. The quantitative estimate of drug-likeness (QED) is 0.415. The summed E-state index contributed by atoms with van der Waals surface area (Å²) in [6.45, 7) is 3.38. The molecule has 0 saturated carbocycles. The fourth-order valence-corrected chi connectivity index (χ4v) is 2.27. The first-order valence-electron chi connectivity index (χ1n) is 8.74. The molecular formula is C19H21FN4O5. The molecule has 0 aliphatic rings. The average Bonchev–Trinajstić information content (AvgIpc) is 3.21. The summed E-state index contributed by atoms with van der Waals surface area (Å²) in [5.74, 6) is -3.73. The number of hydrogen-bond donors (Lipinski definition) is 4. The molecule has 0 aliphatic carbocycles. The van der Waals surface area contributed by atoms with Crippen molar-refractivity contribution in [2.24, 2.45) is 5.92 Å². The number of furan rings is 1. The van der Waals surface area contributed by atoms with Crippen LogP contribution in [-0.4, -0.2) is 29.7 Å². The number of hydrogen-bond acceptors (Lipinski definition) is 5. The number of halogens is 1. The SMILES string of the molecule is CC(C)[C@H](NC(=O)c1ccc(F)cc1)C(=O)NNC(=O)C(=O)NCc1ccco1. The number of carbonyl (C=O) groups is 4. The van der Waals surface area contributed by atoms with E-state index in [1.165, 1.54) is 18.4 Å². The van der Waals surface area contributed by atoms with Gasteiger partial charge >= 0.3 is 11.8 Å². The van der Waals surface area contributed by atoms with Crippen LogP contribution in [-0.2, 0) is 20.9 Å². The lowest BCUT2D eigenvalue weighted by molar-refractivity contribution is -0.141. The highest BCUT2D eigenvalue weighted by atomic mass is 19.1. The molecule has 9 nitrogen and oxygen atoms in total. The summed E-state index contributed by atoms with van der Waals surface area (Å²) in [6.07, 6.45) is 1.42. The third-order valence-electron chi connectivity index (χ3n) is 3.85. The number of hydrazine groups is 1. The van der Waals surface area contributed by atoms with Crippen LogP contribution in [0.1, 0.15) is 30.0 Å². The summed E-state index contributed by atoms with van der Waals surface area (Å²) in [5.41, 5.74) is 4.26. The Morgan fingerprint density at radius 3 is 2.28 bits per heavy atom. The molecule has 2 rings (SSSR count). The molecule has 29 heavy (non-hydrogen) atoms. The molecule has 1 atom stereocenters. The maximum atomic E-state index is 13.0. The third-order valence-corrected chi connectivity index (χ3v) is 3.85. The lowest BCUT2D eigenvalue weighted by atomic mass is 10.0. The van der Waals surface area contributed by atoms with Gasteiger partial charge in [0, 0.05) is 5.56 Å². The molecule has 1 heterocycles. The minimum Gasteiger partial charge on any atom is -0.467 e. The summed E-state index contributed by atoms with van der Waals surface area (Å²) >= 11 is 0. The van der Waals surface area contributed by atoms with Gasteiger partial charge in [0.15, 0.2) is 0 Å². The van der Waals surface area contributed by atoms with Crippen LogP contribution in [0.2, 0.25) is 0 Å². The van der Waals surface area contributed by atoms with E-state index in [4.69, 9.17) is 4.42 Å². The van der Waals surface area contributed by atoms with Crippen LogP contribution in [0.4, 0.5) is 4.39 Å². The largest absolute Gasteiger partial charge is 0.467 e. The summed E-state index contributed by atoms with van der Waals surface area (Å²) in [7, 11) is 0. The Morgan fingerprint density at radius 2 is 1.69 bits per heavy atom. The molecule has 0 unspecified atom stereocenters. The van der Waals surface area contributed by atoms with E-state index in [9.17, 15) is 23.6 Å². The summed E-state index contributed by atoms with van der Waals surface area (Å²) in [4.78, 5) is 48.1. The molecule has 0 bridgehead atoms. The molecule has 1 aromatic heterocycles. The van der Waals surface area contributed by atoms with E-state index in [1.54, 1.807) is 26.0 Å². The van der Waals surface area contributed by atoms with Crippen molar-refractivity contribution < 1.29 is 28.0 Å². The first kappa shape index (κ1) is 21.6. The Morgan fingerprint density at radius 1 is 1.00 bits per heavy atom. The van der Waals surface area contributed by atoms with Crippen LogP contribution in [0.5, 0.6) is 0 Å². The zero-order chi connectivity index (χ0) is 21.4. The lowest BCUT2D eigenvalue weighted by Gasteiger charge is -2.21. The maximum Gasteiger partial charge on any atom is 0.327 e. The van der Waals surface area contributed by atoms with E-state index in [2.05, 4.69) is 16.1 Å². The number of benzene rings is 1. The Balaban J connectivity index is 1.86. The van der Waals surface area contributed by atoms with Crippen LogP contribution in [0.3, 0.4) is 0 Å². The summed E-state index contributed by atoms with van der Waals surface area (Å²) in [5, 5.41) is 4.83. The highest BCUT2D eigenvalue weighted by molar-refractivity contribution is 6.35. The van der Waals surface area contributed by atoms with Crippen molar-refractivity contribution in [2.75, 3.05) is 0 Å². The monoisotopic (exact) mass is 404 g/mol. The molecule has 0 fully saturated rings. The van der Waals surface area contributed by atoms with Gasteiger partial charge in [0.1, 0.15) is 17.6 Å². The van der Waals surface area contributed by atoms with Gasteiger partial charge in [-0.25, -0.2) is 4.39 Å². The fraction of sp³-hybridized carbons (Fsp3) is 0.263. The van der Waals surface area contributed by atoms with Crippen molar-refractivity contribution in [3.05, 3.63) is 59.8 Å². The first-order valence-corrected chi connectivity index (χ1v) is 8.74. The van der Waals surface area contributed by atoms with Crippen LogP contribution < -0.4 is 21.5 Å². The average molecular weight is 404 g/mol. The van der Waals surface area contributed by atoms with Gasteiger partial charge in [-0.1, -0.05) is 13.8 Å². The van der Waals surface area contributed by atoms with Crippen molar-refractivity contribution in [2.45, 2.75) is 26.4 Å². The molecule has 10 heteroatoms. The van der Waals surface area contributed by atoms with Crippen molar-refractivity contribution in [3.63, 3.8) is 0 Å². The van der Waals surface area contributed by atoms with Crippen molar-refractivity contribution in [3.8, 4) is 0 Å². The number of rotatable bonds is 6. The van der Waals surface area contributed by atoms with Gasteiger partial charge in [-0.3, -0.25) is 30.0 Å². The van der Waals surface area contributed by atoms with E-state index >= 15 is 0 Å². The molecule has 0 spiro atoms. The van der Waals surface area contributed by atoms with Gasteiger partial charge in [0.2, 0.25) is 0 Å². The standard InChI is InChI=1S/C19H21FN4O5/c1-11(2)15(22-16(25)12-5-7-13(20)8-6-12)17(26)23-24-19(28)18(27)21-10-14-4-3-9-29-14/h3-9,11,15H,10H2,1-2H3,(H,21,27)(H,22,25)(H,23,26)(H,24,28)/t15-/m0/s1. The van der Waals surface area contributed by atoms with E-state index < -0.39 is 35.5 Å². The minimum atomic E-state index is -1.09. The second-order valence-electron chi connectivity index (χ2n) is 6.41. The van der Waals surface area contributed by atoms with E-state index in [-0.39, 0.29) is 18.0 Å². The number of nitrogens with one attached hydrogen (secondary N) is 4. The van der Waals surface area contributed by atoms with Gasteiger partial charge in [-0.05, 0) is 42.3 Å². The normalized spacial score (nSPS) is 11.4. The predicted molar refractivity (Wildman–Crippen MR) is 99.3 cm³/mol. The summed E-state index contributed by atoms with van der Waals surface area (Å²) < 4.78 is 18.0. The summed E-state index contributed by atoms with van der Waals surface area (Å²) in [6, 6.07) is 7.07. The molecule has 0 radical (unpaired) electrons. The van der Waals surface area contributed by atoms with Gasteiger partial charge in [0.25, 0.3) is 11.8 Å². The second-order valence-corrected chi connectivity index (χ2v) is 6.41. The predicted octanol–water partition coefficient (Wildman–Crippen LogP) is 0.637. The fourth-order valence-electron chi connectivity index (χ4n) is 2.27. The van der Waals surface area contributed by atoms with Crippen LogP contribution >= 0.6 is 0 Å². The second kappa shape index (κ2) is 10.0. The van der Waals surface area contributed by atoms with Crippen LogP contribution in [0.15, 0.2) is 47.1 Å². The highest BCUT2D eigenvalue weighted by Crippen LogP contribution is 2.06. The van der Waals surface area contributed by atoms with Crippen LogP contribution in [0.25, 0.3) is 0 Å². The number of carbonyl (C=O) groups excluding carboxylic acids is 4. The van der Waals surface area contributed by atoms with E-state index in [0.717, 1.165) is 12.1 Å². The van der Waals surface area contributed by atoms with Gasteiger partial charge in [0.05, 0.1) is 12.8 Å². The van der Waals surface area contributed by atoms with Crippen LogP contribution in [0, 0.1) is 11.7 Å². The Labute approximate surface area is 166 Å². The Kier molecular flexibility index (Phi) is 7.47. The Hall–Kier alpha value is -3.69. The van der Waals surface area contributed by atoms with E-state index in [0.29, 0.717) is 5.76 Å². The van der Waals surface area contributed by atoms with Gasteiger partial charge < -0.3 is 15.1 Å². The third kappa shape index (κ3) is 6.45. The zero-order valence-electron chi connectivity index (χ0n) is 15.8. The molecule has 0 aliphatic heterocycles. The van der Waals surface area contributed by atoms with Gasteiger partial charge in [-0.15, -0.1) is 0 Å². The zero-order valence-corrected chi connectivity index (χ0v) is 15.8. The maximum absolute atomic E-state index is 13.0. The topological polar surface area (TPSA) is 130 Å². The highest BCUT2D eigenvalue weighted by Gasteiger charge is 2.26. The lowest BCUT2D eigenvalue weighted by Crippen LogP contribution is -2.56. The molecule has 4 N–H and O–H groups in total. The van der Waals surface area contributed by atoms with Crippen molar-refractivity contribution >= 4 is 23.6 Å². The molecule has 0 saturated heterocycles. The Bertz CT molecular complexity index is 865. The van der Waals surface area contributed by atoms with Gasteiger partial charge in [-0.2, -0.15) is 0 Å². The number of amides is 4. The van der Waals surface area contributed by atoms with Crippen molar-refractivity contribution in [1.29, 1.82) is 0 Å². The van der Waals surface area contributed by atoms with Crippen molar-refractivity contribution in [1.82, 2.24) is 21.5 Å². The molecule has 4 amide bonds. The molecule has 154 valence electrons. The molecule has 2 aromatic rings. The smallest absolute Gasteiger partial charge is 0.327 e. The molecule has 1 aromatic carbocycles. The minimum absolute atomic E-state index is 0.00947. The first-order chi connectivity index (χ1) is 13.8.